The maximum atomic E-state index is 11.6. The Labute approximate surface area is 106 Å². The Bertz CT molecular complexity index is 446. The van der Waals surface area contributed by atoms with E-state index in [1.165, 1.54) is 0 Å². The molecule has 0 atom stereocenters. The van der Waals surface area contributed by atoms with Gasteiger partial charge in [-0.1, -0.05) is 17.7 Å². The van der Waals surface area contributed by atoms with E-state index in [1.54, 1.807) is 0 Å². The lowest BCUT2D eigenvalue weighted by Gasteiger charge is -2.12. The number of nitrogens with one attached hydrogen (secondary N) is 2. The first-order valence-electron chi connectivity index (χ1n) is 5.70. The summed E-state index contributed by atoms with van der Waals surface area (Å²) in [6.07, 6.45) is 0. The number of rotatable bonds is 5. The average molecular weight is 250 g/mol. The highest BCUT2D eigenvalue weighted by Gasteiger charge is 2.08. The van der Waals surface area contributed by atoms with Gasteiger partial charge in [-0.05, 0) is 31.9 Å². The van der Waals surface area contributed by atoms with E-state index in [9.17, 15) is 9.59 Å². The second-order valence-electron chi connectivity index (χ2n) is 4.32. The molecule has 0 heterocycles. The van der Waals surface area contributed by atoms with Gasteiger partial charge >= 0.3 is 5.97 Å². The number of amides is 1. The number of aliphatic carboxylic acids is 1. The summed E-state index contributed by atoms with van der Waals surface area (Å²) in [6, 6.07) is 3.99. The van der Waals surface area contributed by atoms with Crippen molar-refractivity contribution < 1.29 is 14.7 Å². The molecule has 1 aromatic carbocycles. The molecule has 0 saturated carbocycles. The Hall–Kier alpha value is -1.88. The SMILES string of the molecule is Cc1cc(C)c(NC(=O)CNCC(=O)O)c(C)c1. The molecular weight excluding hydrogens is 232 g/mol. The van der Waals surface area contributed by atoms with Crippen LogP contribution >= 0.6 is 0 Å². The molecule has 1 aromatic rings. The van der Waals surface area contributed by atoms with Gasteiger partial charge in [0.2, 0.25) is 5.91 Å². The van der Waals surface area contributed by atoms with Crippen LogP contribution < -0.4 is 10.6 Å². The van der Waals surface area contributed by atoms with Crippen molar-refractivity contribution in [3.63, 3.8) is 0 Å². The van der Waals surface area contributed by atoms with Crippen molar-refractivity contribution in [2.45, 2.75) is 20.8 Å². The molecule has 98 valence electrons. The molecule has 0 radical (unpaired) electrons. The molecule has 0 fully saturated rings. The molecule has 5 nitrogen and oxygen atoms in total. The second kappa shape index (κ2) is 6.16. The third-order valence-corrected chi connectivity index (χ3v) is 2.50. The van der Waals surface area contributed by atoms with E-state index in [0.29, 0.717) is 0 Å². The predicted octanol–water partition coefficient (Wildman–Crippen LogP) is 1.22. The third kappa shape index (κ3) is 4.18. The van der Waals surface area contributed by atoms with E-state index in [1.807, 2.05) is 32.9 Å². The monoisotopic (exact) mass is 250 g/mol. The number of anilines is 1. The quantitative estimate of drug-likeness (QED) is 0.734. The second-order valence-corrected chi connectivity index (χ2v) is 4.32. The van der Waals surface area contributed by atoms with Crippen LogP contribution in [0.2, 0.25) is 0 Å². The van der Waals surface area contributed by atoms with Gasteiger partial charge in [0, 0.05) is 5.69 Å². The Morgan fingerprint density at radius 3 is 2.17 bits per heavy atom. The molecule has 1 amide bonds. The predicted molar refractivity (Wildman–Crippen MR) is 69.8 cm³/mol. The highest BCUT2D eigenvalue weighted by atomic mass is 16.4. The van der Waals surface area contributed by atoms with Gasteiger partial charge in [0.25, 0.3) is 0 Å². The van der Waals surface area contributed by atoms with E-state index >= 15 is 0 Å². The summed E-state index contributed by atoms with van der Waals surface area (Å²) in [7, 11) is 0. The zero-order valence-corrected chi connectivity index (χ0v) is 10.8. The van der Waals surface area contributed by atoms with Crippen LogP contribution in [-0.4, -0.2) is 30.1 Å². The minimum absolute atomic E-state index is 0.0148. The van der Waals surface area contributed by atoms with Gasteiger partial charge in [0.1, 0.15) is 0 Å². The highest BCUT2D eigenvalue weighted by molar-refractivity contribution is 5.94. The van der Waals surface area contributed by atoms with Crippen LogP contribution in [0.4, 0.5) is 5.69 Å². The zero-order valence-electron chi connectivity index (χ0n) is 10.8. The Kier molecular flexibility index (Phi) is 4.85. The summed E-state index contributed by atoms with van der Waals surface area (Å²) in [5.74, 6) is -1.23. The summed E-state index contributed by atoms with van der Waals surface area (Å²) in [5, 5.41) is 13.8. The molecule has 0 unspecified atom stereocenters. The normalized spacial score (nSPS) is 10.2. The topological polar surface area (TPSA) is 78.4 Å². The molecule has 0 bridgehead atoms. The number of benzene rings is 1. The molecule has 0 aliphatic carbocycles. The molecule has 0 aliphatic rings. The lowest BCUT2D eigenvalue weighted by atomic mass is 10.1. The van der Waals surface area contributed by atoms with Crippen LogP contribution in [-0.2, 0) is 9.59 Å². The van der Waals surface area contributed by atoms with Crippen molar-refractivity contribution in [2.24, 2.45) is 0 Å². The van der Waals surface area contributed by atoms with Crippen LogP contribution in [0.5, 0.6) is 0 Å². The Balaban J connectivity index is 2.62. The smallest absolute Gasteiger partial charge is 0.317 e. The fourth-order valence-electron chi connectivity index (χ4n) is 1.84. The summed E-state index contributed by atoms with van der Waals surface area (Å²) in [5.41, 5.74) is 3.94. The van der Waals surface area contributed by atoms with Crippen molar-refractivity contribution in [1.82, 2.24) is 5.32 Å². The van der Waals surface area contributed by atoms with E-state index in [-0.39, 0.29) is 19.0 Å². The van der Waals surface area contributed by atoms with Crippen molar-refractivity contribution in [3.8, 4) is 0 Å². The van der Waals surface area contributed by atoms with Gasteiger partial charge in [-0.25, -0.2) is 0 Å². The van der Waals surface area contributed by atoms with Crippen molar-refractivity contribution in [3.05, 3.63) is 28.8 Å². The molecule has 1 rings (SSSR count). The van der Waals surface area contributed by atoms with Gasteiger partial charge in [0.15, 0.2) is 0 Å². The van der Waals surface area contributed by atoms with Gasteiger partial charge in [-0.3, -0.25) is 14.9 Å². The lowest BCUT2D eigenvalue weighted by molar-refractivity contribution is -0.135. The van der Waals surface area contributed by atoms with E-state index in [2.05, 4.69) is 10.6 Å². The van der Waals surface area contributed by atoms with Crippen LogP contribution in [0.25, 0.3) is 0 Å². The van der Waals surface area contributed by atoms with Crippen molar-refractivity contribution >= 4 is 17.6 Å². The summed E-state index contributed by atoms with van der Waals surface area (Å²) in [6.45, 7) is 5.62. The summed E-state index contributed by atoms with van der Waals surface area (Å²) >= 11 is 0. The maximum absolute atomic E-state index is 11.6. The van der Waals surface area contributed by atoms with Crippen molar-refractivity contribution in [2.75, 3.05) is 18.4 Å². The number of carbonyl (C=O) groups excluding carboxylic acids is 1. The first kappa shape index (κ1) is 14.2. The van der Waals surface area contributed by atoms with Gasteiger partial charge in [0.05, 0.1) is 13.1 Å². The average Bonchev–Trinajstić information content (AvgIpc) is 2.22. The van der Waals surface area contributed by atoms with Gasteiger partial charge in [-0.2, -0.15) is 0 Å². The molecular formula is C13H18N2O3. The Morgan fingerprint density at radius 2 is 1.67 bits per heavy atom. The molecule has 0 aromatic heterocycles. The van der Waals surface area contributed by atoms with Crippen LogP contribution in [0.3, 0.4) is 0 Å². The maximum Gasteiger partial charge on any atom is 0.317 e. The zero-order chi connectivity index (χ0) is 13.7. The molecule has 0 saturated heterocycles. The molecule has 5 heteroatoms. The first-order valence-corrected chi connectivity index (χ1v) is 5.70. The van der Waals surface area contributed by atoms with Gasteiger partial charge in [-0.15, -0.1) is 0 Å². The Morgan fingerprint density at radius 1 is 1.11 bits per heavy atom. The number of hydrogen-bond donors (Lipinski definition) is 3. The number of carbonyl (C=O) groups is 2. The molecule has 18 heavy (non-hydrogen) atoms. The van der Waals surface area contributed by atoms with Gasteiger partial charge < -0.3 is 10.4 Å². The highest BCUT2D eigenvalue weighted by Crippen LogP contribution is 2.21. The fourth-order valence-corrected chi connectivity index (χ4v) is 1.84. The summed E-state index contributed by atoms with van der Waals surface area (Å²) < 4.78 is 0. The largest absolute Gasteiger partial charge is 0.480 e. The number of aryl methyl sites for hydroxylation is 3. The van der Waals surface area contributed by atoms with E-state index in [4.69, 9.17) is 5.11 Å². The van der Waals surface area contributed by atoms with Crippen LogP contribution in [0, 0.1) is 20.8 Å². The molecule has 3 N–H and O–H groups in total. The first-order chi connectivity index (χ1) is 8.40. The molecule has 0 spiro atoms. The standard InChI is InChI=1S/C13H18N2O3/c1-8-4-9(2)13(10(3)5-8)15-11(16)6-14-7-12(17)18/h4-5,14H,6-7H2,1-3H3,(H,15,16)(H,17,18). The number of hydrogen-bond acceptors (Lipinski definition) is 3. The third-order valence-electron chi connectivity index (χ3n) is 2.50. The van der Waals surface area contributed by atoms with Crippen molar-refractivity contribution in [1.29, 1.82) is 0 Å². The minimum atomic E-state index is -0.981. The molecule has 0 aliphatic heterocycles. The summed E-state index contributed by atoms with van der Waals surface area (Å²) in [4.78, 5) is 21.9. The van der Waals surface area contributed by atoms with Crippen LogP contribution in [0.15, 0.2) is 12.1 Å². The van der Waals surface area contributed by atoms with E-state index < -0.39 is 5.97 Å². The van der Waals surface area contributed by atoms with E-state index in [0.717, 1.165) is 22.4 Å². The lowest BCUT2D eigenvalue weighted by Crippen LogP contribution is -2.32. The number of carboxylic acids is 1. The minimum Gasteiger partial charge on any atom is -0.480 e. The number of carboxylic acid groups (broad SMARTS) is 1. The fraction of sp³-hybridized carbons (Fsp3) is 0.385. The van der Waals surface area contributed by atoms with Crippen LogP contribution in [0.1, 0.15) is 16.7 Å².